The monoisotopic (exact) mass is 307 g/mol. The molecule has 4 heteroatoms. The van der Waals surface area contributed by atoms with Crippen molar-refractivity contribution in [2.45, 2.75) is 6.54 Å². The van der Waals surface area contributed by atoms with Crippen LogP contribution >= 0.6 is 15.9 Å². The highest BCUT2D eigenvalue weighted by molar-refractivity contribution is 9.10. The lowest BCUT2D eigenvalue weighted by atomic mass is 10.2. The average Bonchev–Trinajstić information content (AvgIpc) is 2.40. The standard InChI is InChI=1S/C14H11BrFNO/c15-13-11(7-4-8-12(13)16)14(18)17-9-10-5-2-1-3-6-10/h1-8H,9H2,(H,17,18). The Labute approximate surface area is 113 Å². The number of hydrogen-bond acceptors (Lipinski definition) is 1. The second-order valence-electron chi connectivity index (χ2n) is 3.77. The third-order valence-corrected chi connectivity index (χ3v) is 3.30. The smallest absolute Gasteiger partial charge is 0.252 e. The molecule has 0 unspecified atom stereocenters. The molecule has 18 heavy (non-hydrogen) atoms. The molecule has 2 aromatic carbocycles. The number of rotatable bonds is 3. The fourth-order valence-electron chi connectivity index (χ4n) is 1.55. The van der Waals surface area contributed by atoms with Crippen molar-refractivity contribution in [2.24, 2.45) is 0 Å². The molecule has 0 aliphatic heterocycles. The Morgan fingerprint density at radius 1 is 1.11 bits per heavy atom. The number of benzene rings is 2. The van der Waals surface area contributed by atoms with Gasteiger partial charge in [0, 0.05) is 6.54 Å². The molecule has 0 aliphatic rings. The quantitative estimate of drug-likeness (QED) is 0.923. The van der Waals surface area contributed by atoms with Gasteiger partial charge >= 0.3 is 0 Å². The van der Waals surface area contributed by atoms with Crippen molar-refractivity contribution in [1.29, 1.82) is 0 Å². The van der Waals surface area contributed by atoms with Crippen molar-refractivity contribution in [3.05, 3.63) is 69.9 Å². The summed E-state index contributed by atoms with van der Waals surface area (Å²) in [5, 5.41) is 2.75. The molecule has 2 rings (SSSR count). The van der Waals surface area contributed by atoms with E-state index in [4.69, 9.17) is 0 Å². The molecule has 0 radical (unpaired) electrons. The zero-order chi connectivity index (χ0) is 13.0. The third-order valence-electron chi connectivity index (χ3n) is 2.49. The molecule has 0 fully saturated rings. The average molecular weight is 308 g/mol. The van der Waals surface area contributed by atoms with Gasteiger partial charge in [-0.1, -0.05) is 36.4 Å². The maximum Gasteiger partial charge on any atom is 0.252 e. The van der Waals surface area contributed by atoms with E-state index in [1.807, 2.05) is 30.3 Å². The first kappa shape index (κ1) is 12.8. The van der Waals surface area contributed by atoms with Crippen LogP contribution in [0.2, 0.25) is 0 Å². The minimum atomic E-state index is -0.442. The largest absolute Gasteiger partial charge is 0.348 e. The molecule has 1 amide bonds. The zero-order valence-corrected chi connectivity index (χ0v) is 11.1. The highest BCUT2D eigenvalue weighted by Crippen LogP contribution is 2.20. The number of amides is 1. The maximum absolute atomic E-state index is 13.3. The van der Waals surface area contributed by atoms with Crippen LogP contribution in [0.25, 0.3) is 0 Å². The molecule has 1 N–H and O–H groups in total. The van der Waals surface area contributed by atoms with Gasteiger partial charge in [-0.3, -0.25) is 4.79 Å². The van der Waals surface area contributed by atoms with E-state index < -0.39 is 5.82 Å². The molecule has 0 saturated carbocycles. The Bertz CT molecular complexity index is 557. The van der Waals surface area contributed by atoms with Gasteiger partial charge in [-0.2, -0.15) is 0 Å². The van der Waals surface area contributed by atoms with Crippen LogP contribution in [0.1, 0.15) is 15.9 Å². The molecular weight excluding hydrogens is 297 g/mol. The van der Waals surface area contributed by atoms with E-state index >= 15 is 0 Å². The summed E-state index contributed by atoms with van der Waals surface area (Å²) in [6.45, 7) is 0.419. The Morgan fingerprint density at radius 3 is 2.56 bits per heavy atom. The van der Waals surface area contributed by atoms with E-state index in [1.54, 1.807) is 6.07 Å². The van der Waals surface area contributed by atoms with Gasteiger partial charge in [-0.25, -0.2) is 4.39 Å². The number of halogens is 2. The van der Waals surface area contributed by atoms with E-state index in [0.717, 1.165) is 5.56 Å². The SMILES string of the molecule is O=C(NCc1ccccc1)c1cccc(F)c1Br. The van der Waals surface area contributed by atoms with Crippen molar-refractivity contribution in [3.63, 3.8) is 0 Å². The first-order valence-corrected chi connectivity index (χ1v) is 6.24. The second-order valence-corrected chi connectivity index (χ2v) is 4.56. The first-order valence-electron chi connectivity index (χ1n) is 5.44. The van der Waals surface area contributed by atoms with Gasteiger partial charge in [-0.15, -0.1) is 0 Å². The van der Waals surface area contributed by atoms with E-state index in [9.17, 15) is 9.18 Å². The Hall–Kier alpha value is -1.68. The lowest BCUT2D eigenvalue weighted by Gasteiger charge is -2.07. The van der Waals surface area contributed by atoms with E-state index in [0.29, 0.717) is 12.1 Å². The van der Waals surface area contributed by atoms with Gasteiger partial charge in [0.05, 0.1) is 10.0 Å². The third kappa shape index (κ3) is 2.96. The summed E-state index contributed by atoms with van der Waals surface area (Å²) < 4.78 is 13.5. The van der Waals surface area contributed by atoms with E-state index in [2.05, 4.69) is 21.2 Å². The number of carbonyl (C=O) groups is 1. The highest BCUT2D eigenvalue weighted by atomic mass is 79.9. The summed E-state index contributed by atoms with van der Waals surface area (Å²) in [5.74, 6) is -0.743. The molecular formula is C14H11BrFNO. The summed E-state index contributed by atoms with van der Waals surface area (Å²) in [4.78, 5) is 11.9. The molecule has 0 saturated heterocycles. The molecule has 92 valence electrons. The lowest BCUT2D eigenvalue weighted by molar-refractivity contribution is 0.0949. The van der Waals surface area contributed by atoms with Crippen molar-refractivity contribution in [1.82, 2.24) is 5.32 Å². The number of hydrogen-bond donors (Lipinski definition) is 1. The molecule has 2 aromatic rings. The van der Waals surface area contributed by atoms with E-state index in [1.165, 1.54) is 12.1 Å². The Morgan fingerprint density at radius 2 is 1.83 bits per heavy atom. The van der Waals surface area contributed by atoms with Crippen molar-refractivity contribution >= 4 is 21.8 Å². The summed E-state index contributed by atoms with van der Waals surface area (Å²) in [7, 11) is 0. The van der Waals surface area contributed by atoms with Gasteiger partial charge in [0.15, 0.2) is 0 Å². The first-order chi connectivity index (χ1) is 8.68. The predicted octanol–water partition coefficient (Wildman–Crippen LogP) is 3.52. The molecule has 0 aromatic heterocycles. The predicted molar refractivity (Wildman–Crippen MR) is 71.7 cm³/mol. The minimum absolute atomic E-state index is 0.190. The fraction of sp³-hybridized carbons (Fsp3) is 0.0714. The number of nitrogens with one attached hydrogen (secondary N) is 1. The van der Waals surface area contributed by atoms with Gasteiger partial charge in [0.1, 0.15) is 5.82 Å². The van der Waals surface area contributed by atoms with Crippen molar-refractivity contribution in [2.75, 3.05) is 0 Å². The molecule has 0 bridgehead atoms. The Kier molecular flexibility index (Phi) is 4.10. The Balaban J connectivity index is 2.07. The van der Waals surface area contributed by atoms with Crippen LogP contribution in [-0.4, -0.2) is 5.91 Å². The molecule has 0 atom stereocenters. The van der Waals surface area contributed by atoms with Crippen LogP contribution in [0.15, 0.2) is 53.0 Å². The van der Waals surface area contributed by atoms with Crippen LogP contribution < -0.4 is 5.32 Å². The van der Waals surface area contributed by atoms with Crippen LogP contribution in [0, 0.1) is 5.82 Å². The molecule has 0 spiro atoms. The summed E-state index contributed by atoms with van der Waals surface area (Å²) in [5.41, 5.74) is 1.30. The summed E-state index contributed by atoms with van der Waals surface area (Å²) in [6, 6.07) is 13.9. The van der Waals surface area contributed by atoms with Crippen LogP contribution in [0.4, 0.5) is 4.39 Å². The molecule has 2 nitrogen and oxygen atoms in total. The maximum atomic E-state index is 13.3. The highest BCUT2D eigenvalue weighted by Gasteiger charge is 2.12. The molecule has 0 heterocycles. The lowest BCUT2D eigenvalue weighted by Crippen LogP contribution is -2.23. The second kappa shape index (κ2) is 5.78. The van der Waals surface area contributed by atoms with Crippen molar-refractivity contribution < 1.29 is 9.18 Å². The molecule has 0 aliphatic carbocycles. The van der Waals surface area contributed by atoms with Gasteiger partial charge < -0.3 is 5.32 Å². The summed E-state index contributed by atoms with van der Waals surface area (Å²) >= 11 is 3.07. The fourth-order valence-corrected chi connectivity index (χ4v) is 2.00. The summed E-state index contributed by atoms with van der Waals surface area (Å²) in [6.07, 6.45) is 0. The van der Waals surface area contributed by atoms with E-state index in [-0.39, 0.29) is 10.4 Å². The van der Waals surface area contributed by atoms with Crippen LogP contribution in [-0.2, 0) is 6.54 Å². The van der Waals surface area contributed by atoms with Crippen molar-refractivity contribution in [3.8, 4) is 0 Å². The van der Waals surface area contributed by atoms with Crippen LogP contribution in [0.3, 0.4) is 0 Å². The van der Waals surface area contributed by atoms with Gasteiger partial charge in [-0.05, 0) is 33.6 Å². The minimum Gasteiger partial charge on any atom is -0.348 e. The van der Waals surface area contributed by atoms with Crippen LogP contribution in [0.5, 0.6) is 0 Å². The number of carbonyl (C=O) groups excluding carboxylic acids is 1. The zero-order valence-electron chi connectivity index (χ0n) is 9.49. The van der Waals surface area contributed by atoms with Gasteiger partial charge in [0.25, 0.3) is 5.91 Å². The van der Waals surface area contributed by atoms with Gasteiger partial charge in [0.2, 0.25) is 0 Å². The topological polar surface area (TPSA) is 29.1 Å². The normalized spacial score (nSPS) is 10.1.